The summed E-state index contributed by atoms with van der Waals surface area (Å²) in [5.74, 6) is 2.84. The summed E-state index contributed by atoms with van der Waals surface area (Å²) in [6.45, 7) is 7.66. The van der Waals surface area contributed by atoms with E-state index in [4.69, 9.17) is 21.7 Å². The summed E-state index contributed by atoms with van der Waals surface area (Å²) in [4.78, 5) is 9.83. The Morgan fingerprint density at radius 2 is 1.92 bits per heavy atom. The molecule has 6 heteroatoms. The molecule has 1 aliphatic carbocycles. The summed E-state index contributed by atoms with van der Waals surface area (Å²) in [5, 5.41) is 5.64. The van der Waals surface area contributed by atoms with Gasteiger partial charge in [0.05, 0.1) is 5.69 Å². The summed E-state index contributed by atoms with van der Waals surface area (Å²) >= 11 is 6.36. The van der Waals surface area contributed by atoms with Crippen molar-refractivity contribution in [3.8, 4) is 5.69 Å². The van der Waals surface area contributed by atoms with Gasteiger partial charge >= 0.3 is 0 Å². The highest BCUT2D eigenvalue weighted by molar-refractivity contribution is 6.31. The van der Waals surface area contributed by atoms with E-state index in [-0.39, 0.29) is 0 Å². The first-order valence-corrected chi connectivity index (χ1v) is 10.1. The maximum absolute atomic E-state index is 6.36. The van der Waals surface area contributed by atoms with E-state index < -0.39 is 0 Å². The van der Waals surface area contributed by atoms with Crippen LogP contribution < -0.4 is 0 Å². The Kier molecular flexibility index (Phi) is 5.30. The lowest BCUT2D eigenvalue weighted by atomic mass is 10.2. The van der Waals surface area contributed by atoms with Crippen molar-refractivity contribution in [1.29, 1.82) is 0 Å². The van der Waals surface area contributed by atoms with Crippen LogP contribution in [0.5, 0.6) is 0 Å². The minimum absolute atomic E-state index is 0.784. The maximum atomic E-state index is 6.36. The van der Waals surface area contributed by atoms with E-state index in [2.05, 4.69) is 29.8 Å². The molecule has 0 N–H and O–H groups in total. The van der Waals surface area contributed by atoms with E-state index in [9.17, 15) is 0 Å². The zero-order valence-electron chi connectivity index (χ0n) is 15.8. The van der Waals surface area contributed by atoms with Crippen LogP contribution in [0.15, 0.2) is 18.2 Å². The molecule has 1 aromatic heterocycles. The first-order valence-electron chi connectivity index (χ1n) is 9.71. The zero-order chi connectivity index (χ0) is 18.1. The molecule has 0 atom stereocenters. The third-order valence-electron chi connectivity index (χ3n) is 5.60. The van der Waals surface area contributed by atoms with Gasteiger partial charge in [0.2, 0.25) is 0 Å². The summed E-state index contributed by atoms with van der Waals surface area (Å²) in [6, 6.07) is 6.03. The van der Waals surface area contributed by atoms with Gasteiger partial charge in [0, 0.05) is 50.6 Å². The average molecular weight is 374 g/mol. The van der Waals surface area contributed by atoms with Crippen molar-refractivity contribution in [3.63, 3.8) is 0 Å². The molecule has 2 fully saturated rings. The van der Waals surface area contributed by atoms with E-state index >= 15 is 0 Å². The molecule has 0 bridgehead atoms. The van der Waals surface area contributed by atoms with Crippen LogP contribution in [0.1, 0.15) is 30.1 Å². The maximum Gasteiger partial charge on any atom is 0.151 e. The van der Waals surface area contributed by atoms with Crippen molar-refractivity contribution in [2.24, 2.45) is 5.92 Å². The minimum Gasteiger partial charge on any atom is -0.304 e. The molecule has 0 radical (unpaired) electrons. The van der Waals surface area contributed by atoms with E-state index in [0.717, 1.165) is 79.4 Å². The van der Waals surface area contributed by atoms with Crippen molar-refractivity contribution in [1.82, 2.24) is 24.6 Å². The number of aromatic nitrogens is 3. The van der Waals surface area contributed by atoms with Crippen molar-refractivity contribution >= 4 is 11.6 Å². The van der Waals surface area contributed by atoms with E-state index in [1.807, 2.05) is 16.8 Å². The molecular weight excluding hydrogens is 346 g/mol. The van der Waals surface area contributed by atoms with Gasteiger partial charge in [0.15, 0.2) is 5.82 Å². The van der Waals surface area contributed by atoms with Crippen LogP contribution in [0.2, 0.25) is 5.02 Å². The number of rotatable bonds is 6. The second kappa shape index (κ2) is 7.67. The first-order chi connectivity index (χ1) is 12.6. The summed E-state index contributed by atoms with van der Waals surface area (Å²) in [6.07, 6.45) is 4.57. The standard InChI is InChI=1S/C20H28ClN5/c1-15-17(21)4-3-5-18(15)26-20(22-19(23-26)14-16-6-7-16)8-9-25-12-10-24(2)11-13-25/h3-5,16H,6-14H2,1-2H3. The molecule has 5 nitrogen and oxygen atoms in total. The third kappa shape index (κ3) is 4.11. The van der Waals surface area contributed by atoms with Gasteiger partial charge in [-0.2, -0.15) is 5.10 Å². The Morgan fingerprint density at radius 1 is 1.15 bits per heavy atom. The van der Waals surface area contributed by atoms with Crippen molar-refractivity contribution in [2.45, 2.75) is 32.6 Å². The normalized spacial score (nSPS) is 19.2. The molecule has 4 rings (SSSR count). The largest absolute Gasteiger partial charge is 0.304 e. The fraction of sp³-hybridized carbons (Fsp3) is 0.600. The highest BCUT2D eigenvalue weighted by atomic mass is 35.5. The lowest BCUT2D eigenvalue weighted by Crippen LogP contribution is -2.45. The zero-order valence-corrected chi connectivity index (χ0v) is 16.5. The van der Waals surface area contributed by atoms with Crippen molar-refractivity contribution < 1.29 is 0 Å². The molecule has 26 heavy (non-hydrogen) atoms. The molecule has 0 amide bonds. The first kappa shape index (κ1) is 18.0. The predicted octanol–water partition coefficient (Wildman–Crippen LogP) is 2.97. The average Bonchev–Trinajstić information content (AvgIpc) is 3.35. The molecule has 1 aromatic carbocycles. The fourth-order valence-corrected chi connectivity index (χ4v) is 3.74. The van der Waals surface area contributed by atoms with Crippen LogP contribution in [0.25, 0.3) is 5.69 Å². The molecule has 0 unspecified atom stereocenters. The van der Waals surface area contributed by atoms with E-state index in [1.54, 1.807) is 0 Å². The predicted molar refractivity (Wildman–Crippen MR) is 105 cm³/mol. The number of hydrogen-bond acceptors (Lipinski definition) is 4. The molecule has 2 aromatic rings. The molecule has 2 aliphatic rings. The second-order valence-electron chi connectivity index (χ2n) is 7.78. The van der Waals surface area contributed by atoms with Gasteiger partial charge in [-0.1, -0.05) is 17.7 Å². The van der Waals surface area contributed by atoms with Gasteiger partial charge in [-0.3, -0.25) is 0 Å². The topological polar surface area (TPSA) is 37.2 Å². The lowest BCUT2D eigenvalue weighted by molar-refractivity contribution is 0.154. The van der Waals surface area contributed by atoms with Gasteiger partial charge < -0.3 is 9.80 Å². The number of nitrogens with zero attached hydrogens (tertiary/aromatic N) is 5. The smallest absolute Gasteiger partial charge is 0.151 e. The van der Waals surface area contributed by atoms with E-state index in [1.165, 1.54) is 12.8 Å². The van der Waals surface area contributed by atoms with Gasteiger partial charge in [-0.15, -0.1) is 0 Å². The van der Waals surface area contributed by atoms with Crippen LogP contribution in [-0.4, -0.2) is 64.3 Å². The van der Waals surface area contributed by atoms with Gasteiger partial charge in [-0.25, -0.2) is 9.67 Å². The molecule has 2 heterocycles. The highest BCUT2D eigenvalue weighted by Gasteiger charge is 2.25. The Bertz CT molecular complexity index is 760. The highest BCUT2D eigenvalue weighted by Crippen LogP contribution is 2.32. The Balaban J connectivity index is 1.55. The lowest BCUT2D eigenvalue weighted by Gasteiger charge is -2.32. The molecule has 1 aliphatic heterocycles. The number of benzene rings is 1. The van der Waals surface area contributed by atoms with Crippen LogP contribution in [-0.2, 0) is 12.8 Å². The monoisotopic (exact) mass is 373 g/mol. The Labute approximate surface area is 161 Å². The SMILES string of the molecule is Cc1c(Cl)cccc1-n1nc(CC2CC2)nc1CCN1CCN(C)CC1. The van der Waals surface area contributed by atoms with Crippen LogP contribution in [0.4, 0.5) is 0 Å². The quantitative estimate of drug-likeness (QED) is 0.780. The van der Waals surface area contributed by atoms with Gasteiger partial charge in [0.25, 0.3) is 0 Å². The van der Waals surface area contributed by atoms with Crippen LogP contribution in [0.3, 0.4) is 0 Å². The van der Waals surface area contributed by atoms with Crippen molar-refractivity contribution in [3.05, 3.63) is 40.4 Å². The molecule has 1 saturated carbocycles. The molecule has 0 spiro atoms. The summed E-state index contributed by atoms with van der Waals surface area (Å²) in [7, 11) is 2.19. The van der Waals surface area contributed by atoms with Crippen LogP contribution in [0, 0.1) is 12.8 Å². The number of likely N-dealkylation sites (N-methyl/N-ethyl adjacent to an activating group) is 1. The molecular formula is C20H28ClN5. The third-order valence-corrected chi connectivity index (χ3v) is 6.01. The van der Waals surface area contributed by atoms with Gasteiger partial charge in [0.1, 0.15) is 5.82 Å². The van der Waals surface area contributed by atoms with Gasteiger partial charge in [-0.05, 0) is 50.4 Å². The number of hydrogen-bond donors (Lipinski definition) is 0. The number of halogens is 1. The van der Waals surface area contributed by atoms with Crippen molar-refractivity contribution in [2.75, 3.05) is 39.8 Å². The minimum atomic E-state index is 0.784. The summed E-state index contributed by atoms with van der Waals surface area (Å²) < 4.78 is 2.04. The van der Waals surface area contributed by atoms with E-state index in [0.29, 0.717) is 0 Å². The Morgan fingerprint density at radius 3 is 2.65 bits per heavy atom. The fourth-order valence-electron chi connectivity index (χ4n) is 3.57. The summed E-state index contributed by atoms with van der Waals surface area (Å²) in [5.41, 5.74) is 2.12. The number of piperazine rings is 1. The molecule has 140 valence electrons. The molecule has 1 saturated heterocycles. The second-order valence-corrected chi connectivity index (χ2v) is 8.19. The van der Waals surface area contributed by atoms with Crippen LogP contribution >= 0.6 is 11.6 Å². The Hall–Kier alpha value is -1.43.